The fraction of sp³-hybridized carbons (Fsp3) is 0.632. The number of carbonyl (C=O) groups is 1. The molecule has 3 aliphatic heterocycles. The summed E-state index contributed by atoms with van der Waals surface area (Å²) in [6, 6.07) is 10.3. The van der Waals surface area contributed by atoms with E-state index in [1.54, 1.807) is 0 Å². The monoisotopic (exact) mass is 346 g/mol. The van der Waals surface area contributed by atoms with Crippen molar-refractivity contribution in [1.82, 2.24) is 9.80 Å². The minimum absolute atomic E-state index is 0.0359. The molecular formula is C19H26N2O4. The smallest absolute Gasteiger partial charge is 0.260 e. The highest BCUT2D eigenvalue weighted by Gasteiger charge is 2.44. The Kier molecular flexibility index (Phi) is 5.20. The Labute approximate surface area is 148 Å². The number of para-hydroxylation sites is 1. The summed E-state index contributed by atoms with van der Waals surface area (Å²) in [5, 5.41) is 0. The van der Waals surface area contributed by atoms with E-state index in [2.05, 4.69) is 4.90 Å². The summed E-state index contributed by atoms with van der Waals surface area (Å²) in [5.74, 6) is 0.765. The van der Waals surface area contributed by atoms with Gasteiger partial charge in [-0.25, -0.2) is 0 Å². The van der Waals surface area contributed by atoms with E-state index >= 15 is 0 Å². The van der Waals surface area contributed by atoms with E-state index in [4.69, 9.17) is 14.2 Å². The van der Waals surface area contributed by atoms with Gasteiger partial charge < -0.3 is 19.1 Å². The average Bonchev–Trinajstić information content (AvgIpc) is 3.12. The Morgan fingerprint density at radius 2 is 1.92 bits per heavy atom. The third kappa shape index (κ3) is 3.81. The molecule has 0 unspecified atom stereocenters. The Bertz CT molecular complexity index is 576. The lowest BCUT2D eigenvalue weighted by Gasteiger charge is -2.43. The third-order valence-corrected chi connectivity index (χ3v) is 5.46. The Morgan fingerprint density at radius 3 is 2.72 bits per heavy atom. The number of hydrogen-bond donors (Lipinski definition) is 0. The second-order valence-electron chi connectivity index (χ2n) is 6.96. The molecule has 0 aromatic heterocycles. The highest BCUT2D eigenvalue weighted by molar-refractivity contribution is 5.78. The van der Waals surface area contributed by atoms with E-state index in [-0.39, 0.29) is 18.6 Å². The lowest BCUT2D eigenvalue weighted by molar-refractivity contribution is -0.132. The van der Waals surface area contributed by atoms with Crippen molar-refractivity contribution in [3.05, 3.63) is 30.3 Å². The van der Waals surface area contributed by atoms with Gasteiger partial charge in [-0.2, -0.15) is 0 Å². The van der Waals surface area contributed by atoms with Gasteiger partial charge in [0.25, 0.3) is 5.91 Å². The molecule has 3 heterocycles. The van der Waals surface area contributed by atoms with Gasteiger partial charge in [0.15, 0.2) is 6.61 Å². The second kappa shape index (κ2) is 7.72. The molecular weight excluding hydrogens is 320 g/mol. The molecule has 0 saturated carbocycles. The first kappa shape index (κ1) is 16.8. The number of fused-ring (bicyclic) bond motifs is 1. The quantitative estimate of drug-likeness (QED) is 0.819. The summed E-state index contributed by atoms with van der Waals surface area (Å²) in [7, 11) is 0. The highest BCUT2D eigenvalue weighted by atomic mass is 16.5. The summed E-state index contributed by atoms with van der Waals surface area (Å²) < 4.78 is 17.1. The number of ether oxygens (including phenoxy) is 3. The molecule has 3 saturated heterocycles. The van der Waals surface area contributed by atoms with Crippen molar-refractivity contribution in [3.8, 4) is 5.75 Å². The lowest BCUT2D eigenvalue weighted by atomic mass is 10.0. The highest BCUT2D eigenvalue weighted by Crippen LogP contribution is 2.28. The largest absolute Gasteiger partial charge is 0.484 e. The van der Waals surface area contributed by atoms with E-state index in [9.17, 15) is 4.79 Å². The van der Waals surface area contributed by atoms with Crippen molar-refractivity contribution in [3.63, 3.8) is 0 Å². The Hall–Kier alpha value is -1.63. The number of morpholine rings is 1. The van der Waals surface area contributed by atoms with Crippen LogP contribution in [0.2, 0.25) is 0 Å². The Balaban J connectivity index is 1.34. The van der Waals surface area contributed by atoms with E-state index in [0.29, 0.717) is 18.6 Å². The number of carbonyl (C=O) groups excluding carboxylic acids is 1. The van der Waals surface area contributed by atoms with Gasteiger partial charge in [0, 0.05) is 38.9 Å². The number of likely N-dealkylation sites (tertiary alicyclic amines) is 1. The lowest BCUT2D eigenvalue weighted by Crippen LogP contribution is -2.56. The first-order chi connectivity index (χ1) is 12.3. The third-order valence-electron chi connectivity index (χ3n) is 5.46. The number of benzene rings is 1. The predicted octanol–water partition coefficient (Wildman–Crippen LogP) is 1.16. The van der Waals surface area contributed by atoms with Crippen molar-refractivity contribution in [1.29, 1.82) is 0 Å². The second-order valence-corrected chi connectivity index (χ2v) is 6.96. The molecule has 0 aliphatic carbocycles. The van der Waals surface area contributed by atoms with Crippen LogP contribution in [0.4, 0.5) is 0 Å². The normalized spacial score (nSPS) is 27.9. The van der Waals surface area contributed by atoms with E-state index in [0.717, 1.165) is 51.5 Å². The van der Waals surface area contributed by atoms with Crippen LogP contribution in [-0.4, -0.2) is 80.0 Å². The number of nitrogens with zero attached hydrogens (tertiary/aromatic N) is 2. The van der Waals surface area contributed by atoms with E-state index < -0.39 is 0 Å². The van der Waals surface area contributed by atoms with Gasteiger partial charge in [-0.15, -0.1) is 0 Å². The summed E-state index contributed by atoms with van der Waals surface area (Å²) in [6.07, 6.45) is 2.28. The summed E-state index contributed by atoms with van der Waals surface area (Å²) >= 11 is 0. The summed E-state index contributed by atoms with van der Waals surface area (Å²) in [4.78, 5) is 17.0. The molecule has 0 bridgehead atoms. The fourth-order valence-electron chi connectivity index (χ4n) is 4.14. The molecule has 25 heavy (non-hydrogen) atoms. The van der Waals surface area contributed by atoms with Crippen LogP contribution in [-0.2, 0) is 14.3 Å². The SMILES string of the molecule is O=C(COc1ccccc1)N1C[C@@H]2OCCN(C3CCOCC3)[C@@H]2C1. The molecule has 6 nitrogen and oxygen atoms in total. The zero-order valence-electron chi connectivity index (χ0n) is 14.5. The van der Waals surface area contributed by atoms with Gasteiger partial charge in [0.05, 0.1) is 18.8 Å². The minimum atomic E-state index is 0.0359. The maximum Gasteiger partial charge on any atom is 0.260 e. The van der Waals surface area contributed by atoms with Crippen molar-refractivity contribution in [2.45, 2.75) is 31.0 Å². The standard InChI is InChI=1S/C19H26N2O4/c22-19(14-25-16-4-2-1-3-5-16)20-12-17-18(13-20)24-11-8-21(17)15-6-9-23-10-7-15/h1-5,15,17-18H,6-14H2/t17-,18+/m1/s1. The molecule has 0 spiro atoms. The minimum Gasteiger partial charge on any atom is -0.484 e. The number of amides is 1. The van der Waals surface area contributed by atoms with Gasteiger partial charge in [0.2, 0.25) is 0 Å². The summed E-state index contributed by atoms with van der Waals surface area (Å²) in [6.45, 7) is 4.87. The van der Waals surface area contributed by atoms with Crippen LogP contribution in [0.5, 0.6) is 5.75 Å². The van der Waals surface area contributed by atoms with Gasteiger partial charge in [-0.1, -0.05) is 18.2 Å². The zero-order chi connectivity index (χ0) is 17.1. The van der Waals surface area contributed by atoms with Crippen molar-refractivity contribution in [2.24, 2.45) is 0 Å². The maximum absolute atomic E-state index is 12.6. The fourth-order valence-corrected chi connectivity index (χ4v) is 4.14. The molecule has 136 valence electrons. The van der Waals surface area contributed by atoms with Gasteiger partial charge in [-0.05, 0) is 25.0 Å². The van der Waals surface area contributed by atoms with Crippen LogP contribution in [0.25, 0.3) is 0 Å². The first-order valence-electron chi connectivity index (χ1n) is 9.22. The molecule has 0 N–H and O–H groups in total. The molecule has 3 aliphatic rings. The first-order valence-corrected chi connectivity index (χ1v) is 9.22. The molecule has 1 aromatic rings. The molecule has 0 radical (unpaired) electrons. The predicted molar refractivity (Wildman–Crippen MR) is 92.6 cm³/mol. The van der Waals surface area contributed by atoms with Crippen molar-refractivity contribution in [2.75, 3.05) is 46.1 Å². The molecule has 4 rings (SSSR count). The molecule has 2 atom stereocenters. The van der Waals surface area contributed by atoms with Crippen LogP contribution < -0.4 is 4.74 Å². The van der Waals surface area contributed by atoms with E-state index in [1.165, 1.54) is 0 Å². The van der Waals surface area contributed by atoms with Gasteiger partial charge in [-0.3, -0.25) is 9.69 Å². The van der Waals surface area contributed by atoms with Crippen LogP contribution in [0, 0.1) is 0 Å². The van der Waals surface area contributed by atoms with Crippen molar-refractivity contribution >= 4 is 5.91 Å². The van der Waals surface area contributed by atoms with Gasteiger partial charge >= 0.3 is 0 Å². The van der Waals surface area contributed by atoms with Crippen LogP contribution >= 0.6 is 0 Å². The average molecular weight is 346 g/mol. The molecule has 3 fully saturated rings. The van der Waals surface area contributed by atoms with E-state index in [1.807, 2.05) is 35.2 Å². The Morgan fingerprint density at radius 1 is 1.12 bits per heavy atom. The molecule has 6 heteroatoms. The van der Waals surface area contributed by atoms with Crippen LogP contribution in [0.3, 0.4) is 0 Å². The topological polar surface area (TPSA) is 51.2 Å². The number of rotatable bonds is 4. The van der Waals surface area contributed by atoms with Crippen molar-refractivity contribution < 1.29 is 19.0 Å². The van der Waals surface area contributed by atoms with Gasteiger partial charge in [0.1, 0.15) is 5.75 Å². The number of hydrogen-bond acceptors (Lipinski definition) is 5. The maximum atomic E-state index is 12.6. The van der Waals surface area contributed by atoms with Crippen LogP contribution in [0.1, 0.15) is 12.8 Å². The summed E-state index contributed by atoms with van der Waals surface area (Å²) in [5.41, 5.74) is 0. The molecule has 1 amide bonds. The van der Waals surface area contributed by atoms with Crippen LogP contribution in [0.15, 0.2) is 30.3 Å². The molecule has 1 aromatic carbocycles. The zero-order valence-corrected chi connectivity index (χ0v) is 14.5.